The number of methoxy groups -OCH3 is 1. The molecule has 1 N–H and O–H groups in total. The maximum Gasteiger partial charge on any atom is 0.224 e. The summed E-state index contributed by atoms with van der Waals surface area (Å²) in [5.41, 5.74) is 2.33. The van der Waals surface area contributed by atoms with E-state index < -0.39 is 9.84 Å². The Kier molecular flexibility index (Phi) is 6.24. The van der Waals surface area contributed by atoms with Crippen molar-refractivity contribution in [3.63, 3.8) is 0 Å². The molecule has 7 heteroatoms. The molecular weight excluding hydrogens is 406 g/mol. The van der Waals surface area contributed by atoms with E-state index in [1.54, 1.807) is 13.2 Å². The van der Waals surface area contributed by atoms with E-state index in [0.717, 1.165) is 27.6 Å². The van der Waals surface area contributed by atoms with Gasteiger partial charge in [0.2, 0.25) is 5.91 Å². The summed E-state index contributed by atoms with van der Waals surface area (Å²) < 4.78 is 29.3. The largest absolute Gasteiger partial charge is 0.496 e. The molecule has 2 rings (SSSR count). The van der Waals surface area contributed by atoms with Crippen molar-refractivity contribution in [2.24, 2.45) is 0 Å². The van der Waals surface area contributed by atoms with Crippen molar-refractivity contribution in [3.05, 3.63) is 52.0 Å². The number of halogens is 1. The average Bonchev–Trinajstić information content (AvgIpc) is 2.54. The molecule has 0 radical (unpaired) electrons. The fourth-order valence-corrected chi connectivity index (χ4v) is 3.54. The highest BCUT2D eigenvalue weighted by atomic mass is 79.9. The molecule has 0 bridgehead atoms. The Balaban J connectivity index is 2.04. The molecule has 0 heterocycles. The minimum atomic E-state index is -3.31. The first kappa shape index (κ1) is 19.5. The highest BCUT2D eigenvalue weighted by Gasteiger charge is 2.12. The number of nitrogens with one attached hydrogen (secondary N) is 1. The Morgan fingerprint density at radius 3 is 2.52 bits per heavy atom. The lowest BCUT2D eigenvalue weighted by Crippen LogP contribution is -2.14. The van der Waals surface area contributed by atoms with Crippen LogP contribution in [0.5, 0.6) is 5.75 Å². The molecule has 0 atom stereocenters. The second-order valence-electron chi connectivity index (χ2n) is 5.77. The first-order chi connectivity index (χ1) is 11.7. The predicted octanol–water partition coefficient (Wildman–Crippen LogP) is 3.74. The van der Waals surface area contributed by atoms with Gasteiger partial charge in [0.1, 0.15) is 5.75 Å². The normalized spacial score (nSPS) is 11.2. The predicted molar refractivity (Wildman–Crippen MR) is 102 cm³/mol. The number of carbonyl (C=O) groups is 1. The number of aryl methyl sites for hydroxylation is 2. The third-order valence-electron chi connectivity index (χ3n) is 3.77. The summed E-state index contributed by atoms with van der Waals surface area (Å²) in [6, 6.07) is 10.4. The molecule has 134 valence electrons. The van der Waals surface area contributed by atoms with Gasteiger partial charge in [-0.1, -0.05) is 12.1 Å². The first-order valence-corrected chi connectivity index (χ1v) is 10.3. The maximum absolute atomic E-state index is 12.2. The van der Waals surface area contributed by atoms with Crippen LogP contribution in [0, 0.1) is 6.92 Å². The van der Waals surface area contributed by atoms with Crippen LogP contribution in [0.25, 0.3) is 0 Å². The zero-order valence-electron chi connectivity index (χ0n) is 14.3. The number of carbonyl (C=O) groups excluding carboxylic acids is 1. The molecule has 0 fully saturated rings. The molecule has 25 heavy (non-hydrogen) atoms. The number of benzene rings is 2. The smallest absolute Gasteiger partial charge is 0.224 e. The molecule has 1 amide bonds. The Bertz CT molecular complexity index is 894. The number of rotatable bonds is 6. The van der Waals surface area contributed by atoms with Crippen molar-refractivity contribution in [2.75, 3.05) is 18.7 Å². The molecule has 0 saturated heterocycles. The van der Waals surface area contributed by atoms with E-state index in [9.17, 15) is 13.2 Å². The monoisotopic (exact) mass is 425 g/mol. The van der Waals surface area contributed by atoms with Gasteiger partial charge < -0.3 is 10.1 Å². The Morgan fingerprint density at radius 2 is 1.92 bits per heavy atom. The van der Waals surface area contributed by atoms with E-state index >= 15 is 0 Å². The van der Waals surface area contributed by atoms with Crippen molar-refractivity contribution in [3.8, 4) is 5.75 Å². The van der Waals surface area contributed by atoms with Gasteiger partial charge in [0.25, 0.3) is 0 Å². The maximum atomic E-state index is 12.2. The fourth-order valence-electron chi connectivity index (χ4n) is 2.30. The summed E-state index contributed by atoms with van der Waals surface area (Å²) in [7, 11) is -1.72. The first-order valence-electron chi connectivity index (χ1n) is 7.63. The van der Waals surface area contributed by atoms with E-state index in [1.165, 1.54) is 12.1 Å². The van der Waals surface area contributed by atoms with Gasteiger partial charge in [0.15, 0.2) is 9.84 Å². The molecule has 2 aromatic rings. The third-order valence-corrected chi connectivity index (χ3v) is 5.50. The number of ether oxygens (including phenoxy) is 1. The van der Waals surface area contributed by atoms with Crippen LogP contribution in [0.4, 0.5) is 5.69 Å². The number of amides is 1. The summed E-state index contributed by atoms with van der Waals surface area (Å²) in [6.45, 7) is 1.82. The van der Waals surface area contributed by atoms with Gasteiger partial charge >= 0.3 is 0 Å². The highest BCUT2D eigenvalue weighted by molar-refractivity contribution is 9.10. The van der Waals surface area contributed by atoms with E-state index in [4.69, 9.17) is 4.74 Å². The summed E-state index contributed by atoms with van der Waals surface area (Å²) >= 11 is 3.42. The standard InChI is InChI=1S/C18H20BrNO4S/c1-12-4-7-14(25(3,22)23)11-16(12)20-18(21)9-6-13-5-8-17(24-2)15(19)10-13/h4-5,7-8,10-11H,6,9H2,1-3H3,(H,20,21). The van der Waals surface area contributed by atoms with Gasteiger partial charge in [-0.15, -0.1) is 0 Å². The minimum Gasteiger partial charge on any atom is -0.496 e. The Hall–Kier alpha value is -1.86. The molecule has 5 nitrogen and oxygen atoms in total. The van der Waals surface area contributed by atoms with Gasteiger partial charge in [-0.3, -0.25) is 4.79 Å². The van der Waals surface area contributed by atoms with Gasteiger partial charge in [0.05, 0.1) is 16.5 Å². The van der Waals surface area contributed by atoms with E-state index in [-0.39, 0.29) is 10.8 Å². The van der Waals surface area contributed by atoms with Crippen LogP contribution in [0.3, 0.4) is 0 Å². The van der Waals surface area contributed by atoms with Crippen molar-refractivity contribution < 1.29 is 17.9 Å². The topological polar surface area (TPSA) is 72.5 Å². The summed E-state index contributed by atoms with van der Waals surface area (Å²) in [4.78, 5) is 12.4. The Morgan fingerprint density at radius 1 is 1.20 bits per heavy atom. The molecule has 2 aromatic carbocycles. The zero-order chi connectivity index (χ0) is 18.6. The molecule has 0 aromatic heterocycles. The van der Waals surface area contributed by atoms with Gasteiger partial charge in [0, 0.05) is 18.4 Å². The second-order valence-corrected chi connectivity index (χ2v) is 8.64. The van der Waals surface area contributed by atoms with Crippen LogP contribution in [0.15, 0.2) is 45.8 Å². The van der Waals surface area contributed by atoms with Crippen LogP contribution in [-0.2, 0) is 21.1 Å². The molecule has 0 aliphatic rings. The summed E-state index contributed by atoms with van der Waals surface area (Å²) in [5.74, 6) is 0.571. The number of sulfone groups is 1. The van der Waals surface area contributed by atoms with Crippen LogP contribution < -0.4 is 10.1 Å². The number of anilines is 1. The van der Waals surface area contributed by atoms with E-state index in [1.807, 2.05) is 25.1 Å². The van der Waals surface area contributed by atoms with Crippen LogP contribution >= 0.6 is 15.9 Å². The molecule has 0 aliphatic heterocycles. The molecular formula is C18H20BrNO4S. The van der Waals surface area contributed by atoms with Gasteiger partial charge in [-0.2, -0.15) is 0 Å². The average molecular weight is 426 g/mol. The lowest BCUT2D eigenvalue weighted by molar-refractivity contribution is -0.116. The van der Waals surface area contributed by atoms with Gasteiger partial charge in [-0.05, 0) is 64.7 Å². The minimum absolute atomic E-state index is 0.166. The van der Waals surface area contributed by atoms with E-state index in [2.05, 4.69) is 21.2 Å². The zero-order valence-corrected chi connectivity index (χ0v) is 16.7. The van der Waals surface area contributed by atoms with Crippen LogP contribution in [-0.4, -0.2) is 27.7 Å². The molecule has 0 spiro atoms. The van der Waals surface area contributed by atoms with Crippen molar-refractivity contribution in [2.45, 2.75) is 24.7 Å². The lowest BCUT2D eigenvalue weighted by atomic mass is 10.1. The Labute approximate surface area is 156 Å². The lowest BCUT2D eigenvalue weighted by Gasteiger charge is -2.10. The van der Waals surface area contributed by atoms with Crippen molar-refractivity contribution in [1.29, 1.82) is 0 Å². The summed E-state index contributed by atoms with van der Waals surface area (Å²) in [6.07, 6.45) is 2.01. The highest BCUT2D eigenvalue weighted by Crippen LogP contribution is 2.26. The number of hydrogen-bond donors (Lipinski definition) is 1. The number of hydrogen-bond acceptors (Lipinski definition) is 4. The fraction of sp³-hybridized carbons (Fsp3) is 0.278. The molecule has 0 saturated carbocycles. The van der Waals surface area contributed by atoms with Crippen molar-refractivity contribution >= 4 is 37.4 Å². The van der Waals surface area contributed by atoms with Crippen LogP contribution in [0.2, 0.25) is 0 Å². The van der Waals surface area contributed by atoms with E-state index in [0.29, 0.717) is 18.5 Å². The quantitative estimate of drug-likeness (QED) is 0.764. The third kappa shape index (κ3) is 5.31. The summed E-state index contributed by atoms with van der Waals surface area (Å²) in [5, 5.41) is 2.79. The van der Waals surface area contributed by atoms with Crippen LogP contribution in [0.1, 0.15) is 17.5 Å². The second kappa shape index (κ2) is 8.01. The van der Waals surface area contributed by atoms with Gasteiger partial charge in [-0.25, -0.2) is 8.42 Å². The van der Waals surface area contributed by atoms with Crippen molar-refractivity contribution in [1.82, 2.24) is 0 Å². The molecule has 0 aliphatic carbocycles. The SMILES string of the molecule is COc1ccc(CCC(=O)Nc2cc(S(C)(=O)=O)ccc2C)cc1Br. The molecule has 0 unspecified atom stereocenters.